The highest BCUT2D eigenvalue weighted by Gasteiger charge is 2.21. The molecular weight excluding hydrogens is 468 g/mol. The standard InChI is InChI=1S/C30H28N2O5/c1-34-22-10-7-21(8-11-22)29-24(23-12-9-20-5-4-15-32-28(20)30(23)37-29)18-27(33)31-16-14-19-6-13-25(35-2)26(17-19)36-3/h4-13,15,17H,14,16,18H2,1-3H3,(H,31,33). The SMILES string of the molecule is COc1ccc(-c2oc3c(ccc4cccnc43)c2CC(=O)NCCc2ccc(OC)c(OC)c2)cc1. The number of ether oxygens (including phenoxy) is 3. The molecule has 5 aromatic rings. The van der Waals surface area contributed by atoms with Crippen molar-refractivity contribution in [2.24, 2.45) is 0 Å². The molecule has 0 atom stereocenters. The molecule has 1 N–H and O–H groups in total. The van der Waals surface area contributed by atoms with E-state index in [0.29, 0.717) is 35.8 Å². The van der Waals surface area contributed by atoms with E-state index in [1.54, 1.807) is 27.5 Å². The maximum absolute atomic E-state index is 13.1. The number of amides is 1. The Balaban J connectivity index is 1.41. The summed E-state index contributed by atoms with van der Waals surface area (Å²) < 4.78 is 22.4. The van der Waals surface area contributed by atoms with Gasteiger partial charge in [-0.05, 0) is 54.4 Å². The van der Waals surface area contributed by atoms with Crippen molar-refractivity contribution in [2.45, 2.75) is 12.8 Å². The van der Waals surface area contributed by atoms with E-state index in [-0.39, 0.29) is 12.3 Å². The first-order chi connectivity index (χ1) is 18.1. The summed E-state index contributed by atoms with van der Waals surface area (Å²) in [5.41, 5.74) is 4.20. The fourth-order valence-corrected chi connectivity index (χ4v) is 4.50. The Bertz CT molecular complexity index is 1560. The second-order valence-corrected chi connectivity index (χ2v) is 8.62. The van der Waals surface area contributed by atoms with Gasteiger partial charge in [-0.15, -0.1) is 0 Å². The summed E-state index contributed by atoms with van der Waals surface area (Å²) >= 11 is 0. The first-order valence-corrected chi connectivity index (χ1v) is 12.0. The van der Waals surface area contributed by atoms with Gasteiger partial charge >= 0.3 is 0 Å². The van der Waals surface area contributed by atoms with Crippen LogP contribution in [-0.4, -0.2) is 38.8 Å². The minimum absolute atomic E-state index is 0.0842. The van der Waals surface area contributed by atoms with Gasteiger partial charge in [-0.3, -0.25) is 9.78 Å². The topological polar surface area (TPSA) is 82.8 Å². The van der Waals surface area contributed by atoms with Crippen LogP contribution < -0.4 is 19.5 Å². The zero-order valence-corrected chi connectivity index (χ0v) is 21.0. The number of hydrogen-bond acceptors (Lipinski definition) is 6. The van der Waals surface area contributed by atoms with E-state index in [1.807, 2.05) is 66.7 Å². The lowest BCUT2D eigenvalue weighted by Crippen LogP contribution is -2.27. The van der Waals surface area contributed by atoms with Gasteiger partial charge in [-0.1, -0.05) is 24.3 Å². The summed E-state index contributed by atoms with van der Waals surface area (Å²) in [5, 5.41) is 4.91. The van der Waals surface area contributed by atoms with Crippen LogP contribution in [-0.2, 0) is 17.6 Å². The number of furan rings is 1. The smallest absolute Gasteiger partial charge is 0.224 e. The van der Waals surface area contributed by atoms with Gasteiger partial charge in [0.25, 0.3) is 0 Å². The maximum Gasteiger partial charge on any atom is 0.224 e. The summed E-state index contributed by atoms with van der Waals surface area (Å²) in [6.07, 6.45) is 2.59. The van der Waals surface area contributed by atoms with E-state index in [1.165, 1.54) is 0 Å². The Morgan fingerprint density at radius 2 is 1.73 bits per heavy atom. The van der Waals surface area contributed by atoms with Gasteiger partial charge in [0.15, 0.2) is 17.1 Å². The first kappa shape index (κ1) is 24.2. The molecule has 0 aliphatic rings. The molecule has 37 heavy (non-hydrogen) atoms. The van der Waals surface area contributed by atoms with E-state index >= 15 is 0 Å². The summed E-state index contributed by atoms with van der Waals surface area (Å²) in [6, 6.07) is 21.3. The molecule has 0 bridgehead atoms. The molecule has 0 aliphatic carbocycles. The second-order valence-electron chi connectivity index (χ2n) is 8.62. The average molecular weight is 497 g/mol. The fourth-order valence-electron chi connectivity index (χ4n) is 4.50. The van der Waals surface area contributed by atoms with Gasteiger partial charge < -0.3 is 23.9 Å². The molecule has 0 radical (unpaired) electrons. The first-order valence-electron chi connectivity index (χ1n) is 12.0. The number of rotatable bonds is 9. The van der Waals surface area contributed by atoms with Gasteiger partial charge in [0, 0.05) is 34.6 Å². The Kier molecular flexibility index (Phi) is 6.94. The third-order valence-electron chi connectivity index (χ3n) is 6.40. The molecule has 7 nitrogen and oxygen atoms in total. The van der Waals surface area contributed by atoms with E-state index in [4.69, 9.17) is 18.6 Å². The molecule has 5 rings (SSSR count). The third kappa shape index (κ3) is 4.93. The summed E-state index contributed by atoms with van der Waals surface area (Å²) in [5.74, 6) is 2.67. The van der Waals surface area contributed by atoms with Crippen molar-refractivity contribution in [3.63, 3.8) is 0 Å². The van der Waals surface area contributed by atoms with Gasteiger partial charge in [-0.25, -0.2) is 0 Å². The molecule has 0 fully saturated rings. The molecule has 2 heterocycles. The fraction of sp³-hybridized carbons (Fsp3) is 0.200. The van der Waals surface area contributed by atoms with Crippen molar-refractivity contribution < 1.29 is 23.4 Å². The van der Waals surface area contributed by atoms with Crippen molar-refractivity contribution in [3.8, 4) is 28.6 Å². The highest BCUT2D eigenvalue weighted by molar-refractivity contribution is 6.06. The van der Waals surface area contributed by atoms with E-state index in [2.05, 4.69) is 10.3 Å². The normalized spacial score (nSPS) is 11.0. The van der Waals surface area contributed by atoms with Gasteiger partial charge in [0.1, 0.15) is 17.0 Å². The van der Waals surface area contributed by atoms with Gasteiger partial charge in [0.2, 0.25) is 5.91 Å². The highest BCUT2D eigenvalue weighted by atomic mass is 16.5. The molecule has 1 amide bonds. The number of pyridine rings is 1. The minimum Gasteiger partial charge on any atom is -0.497 e. The highest BCUT2D eigenvalue weighted by Crippen LogP contribution is 2.37. The van der Waals surface area contributed by atoms with Crippen LogP contribution in [0.25, 0.3) is 33.2 Å². The molecular formula is C30H28N2O5. The zero-order chi connectivity index (χ0) is 25.8. The van der Waals surface area contributed by atoms with Crippen molar-refractivity contribution in [3.05, 3.63) is 84.1 Å². The van der Waals surface area contributed by atoms with Crippen LogP contribution in [0.1, 0.15) is 11.1 Å². The predicted molar refractivity (Wildman–Crippen MR) is 143 cm³/mol. The summed E-state index contributed by atoms with van der Waals surface area (Å²) in [7, 11) is 4.85. The van der Waals surface area contributed by atoms with Crippen molar-refractivity contribution in [1.29, 1.82) is 0 Å². The lowest BCUT2D eigenvalue weighted by molar-refractivity contribution is -0.120. The Labute approximate surface area is 215 Å². The van der Waals surface area contributed by atoms with Crippen molar-refractivity contribution in [1.82, 2.24) is 10.3 Å². The number of nitrogens with one attached hydrogen (secondary N) is 1. The molecule has 0 spiro atoms. The molecule has 7 heteroatoms. The summed E-state index contributed by atoms with van der Waals surface area (Å²) in [4.78, 5) is 17.6. The van der Waals surface area contributed by atoms with Crippen LogP contribution in [0.3, 0.4) is 0 Å². The van der Waals surface area contributed by atoms with Crippen LogP contribution in [0.5, 0.6) is 17.2 Å². The van der Waals surface area contributed by atoms with Crippen LogP contribution in [0.2, 0.25) is 0 Å². The molecule has 0 unspecified atom stereocenters. The van der Waals surface area contributed by atoms with Crippen molar-refractivity contribution in [2.75, 3.05) is 27.9 Å². The van der Waals surface area contributed by atoms with E-state index in [9.17, 15) is 4.79 Å². The number of aromatic nitrogens is 1. The zero-order valence-electron chi connectivity index (χ0n) is 21.0. The molecule has 0 saturated carbocycles. The quantitative estimate of drug-likeness (QED) is 0.287. The monoisotopic (exact) mass is 496 g/mol. The minimum atomic E-state index is -0.0842. The lowest BCUT2D eigenvalue weighted by Gasteiger charge is -2.10. The molecule has 0 aliphatic heterocycles. The van der Waals surface area contributed by atoms with E-state index in [0.717, 1.165) is 38.7 Å². The van der Waals surface area contributed by atoms with Gasteiger partial charge in [0.05, 0.1) is 27.8 Å². The number of carbonyl (C=O) groups is 1. The number of carbonyl (C=O) groups excluding carboxylic acids is 1. The van der Waals surface area contributed by atoms with Crippen LogP contribution >= 0.6 is 0 Å². The number of nitrogens with zero attached hydrogens (tertiary/aromatic N) is 1. The van der Waals surface area contributed by atoms with Crippen LogP contribution in [0, 0.1) is 0 Å². The van der Waals surface area contributed by atoms with Crippen molar-refractivity contribution >= 4 is 27.8 Å². The van der Waals surface area contributed by atoms with Crippen LogP contribution in [0.15, 0.2) is 77.3 Å². The molecule has 0 saturated heterocycles. The van der Waals surface area contributed by atoms with Crippen LogP contribution in [0.4, 0.5) is 0 Å². The lowest BCUT2D eigenvalue weighted by atomic mass is 10.0. The molecule has 188 valence electrons. The molecule has 2 aromatic heterocycles. The average Bonchev–Trinajstić information content (AvgIpc) is 3.31. The number of benzene rings is 3. The Morgan fingerprint density at radius 3 is 2.49 bits per heavy atom. The third-order valence-corrected chi connectivity index (χ3v) is 6.40. The van der Waals surface area contributed by atoms with Gasteiger partial charge in [-0.2, -0.15) is 0 Å². The molecule has 3 aromatic carbocycles. The Hall–Kier alpha value is -4.52. The largest absolute Gasteiger partial charge is 0.497 e. The number of methoxy groups -OCH3 is 3. The second kappa shape index (κ2) is 10.6. The number of hydrogen-bond donors (Lipinski definition) is 1. The summed E-state index contributed by atoms with van der Waals surface area (Å²) in [6.45, 7) is 0.493. The van der Waals surface area contributed by atoms with E-state index < -0.39 is 0 Å². The predicted octanol–water partition coefficient (Wildman–Crippen LogP) is 5.58. The number of fused-ring (bicyclic) bond motifs is 3. The Morgan fingerprint density at radius 1 is 0.919 bits per heavy atom. The maximum atomic E-state index is 13.1.